The van der Waals surface area contributed by atoms with E-state index in [9.17, 15) is 0 Å². The van der Waals surface area contributed by atoms with Crippen LogP contribution in [-0.4, -0.2) is 34.3 Å². The van der Waals surface area contributed by atoms with Crippen molar-refractivity contribution in [2.75, 3.05) is 13.6 Å². The van der Waals surface area contributed by atoms with Gasteiger partial charge in [-0.1, -0.05) is 67.1 Å². The molecule has 0 radical (unpaired) electrons. The van der Waals surface area contributed by atoms with E-state index in [2.05, 4.69) is 91.1 Å². The second-order valence-corrected chi connectivity index (χ2v) is 7.68. The van der Waals surface area contributed by atoms with E-state index in [1.54, 1.807) is 7.05 Å². The van der Waals surface area contributed by atoms with Crippen LogP contribution in [-0.2, 0) is 19.5 Å². The van der Waals surface area contributed by atoms with Crippen LogP contribution in [0.25, 0.3) is 0 Å². The molecule has 2 aromatic carbocycles. The fourth-order valence-corrected chi connectivity index (χ4v) is 4.06. The summed E-state index contributed by atoms with van der Waals surface area (Å²) in [5, 5.41) is 15.7. The molecule has 2 heterocycles. The van der Waals surface area contributed by atoms with Crippen molar-refractivity contribution in [3.8, 4) is 0 Å². The molecular formula is C24H30N6. The van der Waals surface area contributed by atoms with Crippen molar-refractivity contribution in [2.45, 2.75) is 44.7 Å². The standard InChI is InChI=1S/C24H30N6/c1-25-24(27-18-23-29-28-22-15-9-4-10-16-30(22)23)26-17-21(19-11-5-2-6-12-19)20-13-7-3-8-14-20/h2-3,5-8,11-14,21H,4,9-10,15-18H2,1H3,(H2,25,26,27). The molecule has 0 aliphatic carbocycles. The van der Waals surface area contributed by atoms with Gasteiger partial charge in [-0.2, -0.15) is 0 Å². The van der Waals surface area contributed by atoms with Crippen molar-refractivity contribution < 1.29 is 0 Å². The lowest BCUT2D eigenvalue weighted by atomic mass is 9.91. The van der Waals surface area contributed by atoms with Crippen LogP contribution in [0.15, 0.2) is 65.7 Å². The number of guanidine groups is 1. The summed E-state index contributed by atoms with van der Waals surface area (Å²) in [4.78, 5) is 4.41. The molecule has 0 amide bonds. The summed E-state index contributed by atoms with van der Waals surface area (Å²) < 4.78 is 2.27. The highest BCUT2D eigenvalue weighted by atomic mass is 15.3. The molecular weight excluding hydrogens is 372 g/mol. The molecule has 1 aromatic heterocycles. The Morgan fingerprint density at radius 3 is 2.30 bits per heavy atom. The van der Waals surface area contributed by atoms with E-state index in [1.807, 2.05) is 0 Å². The predicted molar refractivity (Wildman–Crippen MR) is 121 cm³/mol. The molecule has 0 atom stereocenters. The third kappa shape index (κ3) is 4.87. The van der Waals surface area contributed by atoms with Crippen LogP contribution >= 0.6 is 0 Å². The number of fused-ring (bicyclic) bond motifs is 1. The summed E-state index contributed by atoms with van der Waals surface area (Å²) in [7, 11) is 1.81. The number of aliphatic imine (C=N–C) groups is 1. The Hall–Kier alpha value is -3.15. The summed E-state index contributed by atoms with van der Waals surface area (Å²) in [6.45, 7) is 2.38. The molecule has 0 fully saturated rings. The maximum atomic E-state index is 4.41. The van der Waals surface area contributed by atoms with Crippen LogP contribution in [0.3, 0.4) is 0 Å². The Morgan fingerprint density at radius 1 is 0.933 bits per heavy atom. The van der Waals surface area contributed by atoms with Crippen LogP contribution in [0.4, 0.5) is 0 Å². The molecule has 30 heavy (non-hydrogen) atoms. The van der Waals surface area contributed by atoms with Gasteiger partial charge < -0.3 is 15.2 Å². The lowest BCUT2D eigenvalue weighted by Gasteiger charge is -2.20. The summed E-state index contributed by atoms with van der Waals surface area (Å²) in [6, 6.07) is 21.2. The highest BCUT2D eigenvalue weighted by Crippen LogP contribution is 2.23. The first-order chi connectivity index (χ1) is 14.8. The van der Waals surface area contributed by atoms with Gasteiger partial charge in [0, 0.05) is 32.5 Å². The number of nitrogens with zero attached hydrogens (tertiary/aromatic N) is 4. The average Bonchev–Trinajstić information content (AvgIpc) is 3.03. The lowest BCUT2D eigenvalue weighted by molar-refractivity contribution is 0.596. The zero-order chi connectivity index (χ0) is 20.6. The number of benzene rings is 2. The maximum absolute atomic E-state index is 4.41. The molecule has 0 saturated heterocycles. The van der Waals surface area contributed by atoms with Gasteiger partial charge in [0.1, 0.15) is 5.82 Å². The second kappa shape index (κ2) is 10.1. The maximum Gasteiger partial charge on any atom is 0.191 e. The van der Waals surface area contributed by atoms with Crippen LogP contribution in [0.2, 0.25) is 0 Å². The first-order valence-electron chi connectivity index (χ1n) is 10.8. The lowest BCUT2D eigenvalue weighted by Crippen LogP contribution is -2.39. The van der Waals surface area contributed by atoms with E-state index >= 15 is 0 Å². The van der Waals surface area contributed by atoms with Crippen LogP contribution in [0.1, 0.15) is 48.0 Å². The summed E-state index contributed by atoms with van der Waals surface area (Å²) in [5.74, 6) is 3.12. The van der Waals surface area contributed by atoms with Crippen molar-refractivity contribution in [3.63, 3.8) is 0 Å². The van der Waals surface area contributed by atoms with E-state index < -0.39 is 0 Å². The molecule has 3 aromatic rings. The van der Waals surface area contributed by atoms with E-state index in [0.29, 0.717) is 6.54 Å². The smallest absolute Gasteiger partial charge is 0.191 e. The Labute approximate surface area is 178 Å². The molecule has 0 bridgehead atoms. The van der Waals surface area contributed by atoms with Gasteiger partial charge in [-0.15, -0.1) is 10.2 Å². The van der Waals surface area contributed by atoms with Crippen LogP contribution in [0, 0.1) is 0 Å². The minimum absolute atomic E-state index is 0.246. The van der Waals surface area contributed by atoms with Crippen molar-refractivity contribution in [1.82, 2.24) is 25.4 Å². The molecule has 0 spiro atoms. The largest absolute Gasteiger partial charge is 0.355 e. The molecule has 2 N–H and O–H groups in total. The zero-order valence-corrected chi connectivity index (χ0v) is 17.6. The fraction of sp³-hybridized carbons (Fsp3) is 0.375. The van der Waals surface area contributed by atoms with E-state index in [0.717, 1.165) is 37.1 Å². The van der Waals surface area contributed by atoms with Crippen LogP contribution in [0.5, 0.6) is 0 Å². The SMILES string of the molecule is CN=C(NCc1nnc2n1CCCCC2)NCC(c1ccccc1)c1ccccc1. The van der Waals surface area contributed by atoms with Crippen molar-refractivity contribution >= 4 is 5.96 Å². The van der Waals surface area contributed by atoms with Gasteiger partial charge in [-0.25, -0.2) is 0 Å². The summed E-state index contributed by atoms with van der Waals surface area (Å²) in [6.07, 6.45) is 4.69. The van der Waals surface area contributed by atoms with E-state index in [4.69, 9.17) is 0 Å². The molecule has 156 valence electrons. The molecule has 0 unspecified atom stereocenters. The van der Waals surface area contributed by atoms with Crippen molar-refractivity contribution in [2.24, 2.45) is 4.99 Å². The van der Waals surface area contributed by atoms with Gasteiger partial charge in [0.2, 0.25) is 0 Å². The number of aryl methyl sites for hydroxylation is 1. The third-order valence-corrected chi connectivity index (χ3v) is 5.70. The Balaban J connectivity index is 1.41. The quantitative estimate of drug-likeness (QED) is 0.489. The first kappa shape index (κ1) is 20.1. The number of hydrogen-bond acceptors (Lipinski definition) is 3. The minimum Gasteiger partial charge on any atom is -0.355 e. The molecule has 1 aliphatic heterocycles. The number of aromatic nitrogens is 3. The van der Waals surface area contributed by atoms with Crippen molar-refractivity contribution in [1.29, 1.82) is 0 Å². The zero-order valence-electron chi connectivity index (χ0n) is 17.6. The second-order valence-electron chi connectivity index (χ2n) is 7.68. The monoisotopic (exact) mass is 402 g/mol. The van der Waals surface area contributed by atoms with E-state index in [1.165, 1.54) is 30.4 Å². The van der Waals surface area contributed by atoms with Gasteiger partial charge in [0.15, 0.2) is 11.8 Å². The Bertz CT molecular complexity index is 909. The van der Waals surface area contributed by atoms with Gasteiger partial charge in [0.05, 0.1) is 6.54 Å². The number of rotatable bonds is 6. The molecule has 6 nitrogen and oxygen atoms in total. The molecule has 0 saturated carbocycles. The normalized spacial score (nSPS) is 14.3. The summed E-state index contributed by atoms with van der Waals surface area (Å²) >= 11 is 0. The molecule has 6 heteroatoms. The van der Waals surface area contributed by atoms with Gasteiger partial charge in [-0.05, 0) is 24.0 Å². The topological polar surface area (TPSA) is 67.1 Å². The van der Waals surface area contributed by atoms with E-state index in [-0.39, 0.29) is 5.92 Å². The third-order valence-electron chi connectivity index (χ3n) is 5.70. The van der Waals surface area contributed by atoms with Gasteiger partial charge >= 0.3 is 0 Å². The Kier molecular flexibility index (Phi) is 6.75. The highest BCUT2D eigenvalue weighted by molar-refractivity contribution is 5.79. The Morgan fingerprint density at radius 2 is 1.63 bits per heavy atom. The highest BCUT2D eigenvalue weighted by Gasteiger charge is 2.16. The predicted octanol–water partition coefficient (Wildman–Crippen LogP) is 3.50. The van der Waals surface area contributed by atoms with Crippen LogP contribution < -0.4 is 10.6 Å². The number of hydrogen-bond donors (Lipinski definition) is 2. The summed E-state index contributed by atoms with van der Waals surface area (Å²) in [5.41, 5.74) is 2.57. The first-order valence-corrected chi connectivity index (χ1v) is 10.8. The minimum atomic E-state index is 0.246. The molecule has 4 rings (SSSR count). The molecule has 1 aliphatic rings. The van der Waals surface area contributed by atoms with Gasteiger partial charge in [-0.3, -0.25) is 4.99 Å². The average molecular weight is 403 g/mol. The van der Waals surface area contributed by atoms with Gasteiger partial charge in [0.25, 0.3) is 0 Å². The van der Waals surface area contributed by atoms with Crippen molar-refractivity contribution in [3.05, 3.63) is 83.4 Å². The number of nitrogens with one attached hydrogen (secondary N) is 2. The fourth-order valence-electron chi connectivity index (χ4n) is 4.06.